The van der Waals surface area contributed by atoms with E-state index in [1.807, 2.05) is 0 Å². The molecule has 1 aliphatic heterocycles. The van der Waals surface area contributed by atoms with E-state index in [2.05, 4.69) is 38.2 Å². The molecule has 1 atom stereocenters. The lowest BCUT2D eigenvalue weighted by Gasteiger charge is -2.29. The summed E-state index contributed by atoms with van der Waals surface area (Å²) in [4.78, 5) is 2.24. The molecule has 1 heterocycles. The summed E-state index contributed by atoms with van der Waals surface area (Å²) in [5.41, 5.74) is 0.339. The third-order valence-corrected chi connectivity index (χ3v) is 2.54. The minimum absolute atomic E-state index is 0.339. The van der Waals surface area contributed by atoms with E-state index in [9.17, 15) is 0 Å². The lowest BCUT2D eigenvalue weighted by atomic mass is 9.92. The van der Waals surface area contributed by atoms with Crippen LogP contribution in [0.3, 0.4) is 0 Å². The molecule has 14 heavy (non-hydrogen) atoms. The summed E-state index contributed by atoms with van der Waals surface area (Å²) < 4.78 is 5.33. The quantitative estimate of drug-likeness (QED) is 0.715. The number of hydrogen-bond acceptors (Lipinski definition) is 3. The van der Waals surface area contributed by atoms with E-state index in [0.29, 0.717) is 11.5 Å². The smallest absolute Gasteiger partial charge is 0.0620 e. The Morgan fingerprint density at radius 3 is 2.64 bits per heavy atom. The number of nitrogens with one attached hydrogen (secondary N) is 1. The van der Waals surface area contributed by atoms with Crippen LogP contribution in [-0.4, -0.2) is 51.3 Å². The average molecular weight is 200 g/mol. The lowest BCUT2D eigenvalue weighted by Crippen LogP contribution is -2.41. The summed E-state index contributed by atoms with van der Waals surface area (Å²) in [6.07, 6.45) is 1.16. The molecule has 0 aromatic heterocycles. The fourth-order valence-corrected chi connectivity index (χ4v) is 2.03. The molecular weight excluding hydrogens is 176 g/mol. The minimum Gasteiger partial charge on any atom is -0.380 e. The van der Waals surface area contributed by atoms with Crippen molar-refractivity contribution in [3.05, 3.63) is 0 Å². The zero-order valence-corrected chi connectivity index (χ0v) is 9.97. The van der Waals surface area contributed by atoms with Crippen molar-refractivity contribution in [2.45, 2.75) is 26.3 Å². The van der Waals surface area contributed by atoms with Crippen LogP contribution < -0.4 is 5.32 Å². The molecule has 0 amide bonds. The molecule has 1 saturated heterocycles. The highest BCUT2D eigenvalue weighted by Crippen LogP contribution is 2.15. The Morgan fingerprint density at radius 2 is 2.14 bits per heavy atom. The Hall–Kier alpha value is -0.120. The molecule has 0 aliphatic carbocycles. The van der Waals surface area contributed by atoms with Crippen molar-refractivity contribution < 1.29 is 4.74 Å². The van der Waals surface area contributed by atoms with E-state index in [1.54, 1.807) is 0 Å². The number of nitrogens with zero attached hydrogens (tertiary/aromatic N) is 1. The maximum atomic E-state index is 5.33. The fraction of sp³-hybridized carbons (Fsp3) is 1.00. The van der Waals surface area contributed by atoms with Gasteiger partial charge in [-0.2, -0.15) is 0 Å². The Balaban J connectivity index is 2.20. The van der Waals surface area contributed by atoms with E-state index in [1.165, 1.54) is 0 Å². The van der Waals surface area contributed by atoms with Crippen molar-refractivity contribution in [1.29, 1.82) is 0 Å². The minimum atomic E-state index is 0.339. The summed E-state index contributed by atoms with van der Waals surface area (Å²) in [5.74, 6) is 0. The van der Waals surface area contributed by atoms with E-state index in [4.69, 9.17) is 4.74 Å². The molecule has 0 aromatic carbocycles. The Labute approximate surface area is 87.8 Å². The van der Waals surface area contributed by atoms with Gasteiger partial charge in [-0.3, -0.25) is 0 Å². The van der Waals surface area contributed by atoms with Crippen molar-refractivity contribution in [3.63, 3.8) is 0 Å². The van der Waals surface area contributed by atoms with Crippen LogP contribution in [-0.2, 0) is 4.74 Å². The maximum Gasteiger partial charge on any atom is 0.0620 e. The molecule has 0 spiro atoms. The number of rotatable bonds is 5. The van der Waals surface area contributed by atoms with E-state index in [-0.39, 0.29) is 0 Å². The molecule has 3 heteroatoms. The molecule has 84 valence electrons. The zero-order valence-electron chi connectivity index (χ0n) is 9.97. The molecule has 0 aromatic rings. The first-order chi connectivity index (χ1) is 6.49. The van der Waals surface area contributed by atoms with E-state index < -0.39 is 0 Å². The van der Waals surface area contributed by atoms with Crippen LogP contribution in [0.2, 0.25) is 0 Å². The summed E-state index contributed by atoms with van der Waals surface area (Å²) in [5, 5.41) is 3.58. The van der Waals surface area contributed by atoms with Gasteiger partial charge in [0.25, 0.3) is 0 Å². The van der Waals surface area contributed by atoms with Gasteiger partial charge in [0.2, 0.25) is 0 Å². The van der Waals surface area contributed by atoms with Crippen molar-refractivity contribution in [1.82, 2.24) is 10.2 Å². The third kappa shape index (κ3) is 4.40. The number of ether oxygens (including phenoxy) is 1. The highest BCUT2D eigenvalue weighted by Gasteiger charge is 2.22. The SMILES string of the molecule is CN(C)CC(C)(C)CNC1CCOC1. The second-order valence-electron chi connectivity index (χ2n) is 5.34. The molecule has 1 aliphatic rings. The monoisotopic (exact) mass is 200 g/mol. The molecule has 1 rings (SSSR count). The van der Waals surface area contributed by atoms with Gasteiger partial charge in [0, 0.05) is 25.7 Å². The van der Waals surface area contributed by atoms with Gasteiger partial charge in [-0.15, -0.1) is 0 Å². The summed E-state index contributed by atoms with van der Waals surface area (Å²) >= 11 is 0. The molecule has 1 fully saturated rings. The summed E-state index contributed by atoms with van der Waals surface area (Å²) in [6.45, 7) is 8.60. The molecule has 3 nitrogen and oxygen atoms in total. The van der Waals surface area contributed by atoms with Crippen molar-refractivity contribution in [3.8, 4) is 0 Å². The standard InChI is InChI=1S/C11H24N2O/c1-11(2,9-13(3)4)8-12-10-5-6-14-7-10/h10,12H,5-9H2,1-4H3. The lowest BCUT2D eigenvalue weighted by molar-refractivity contribution is 0.182. The Morgan fingerprint density at radius 1 is 1.43 bits per heavy atom. The largest absolute Gasteiger partial charge is 0.380 e. The predicted octanol–water partition coefficient (Wildman–Crippen LogP) is 0.953. The topological polar surface area (TPSA) is 24.5 Å². The maximum absolute atomic E-state index is 5.33. The van der Waals surface area contributed by atoms with Gasteiger partial charge < -0.3 is 15.0 Å². The fourth-order valence-electron chi connectivity index (χ4n) is 2.03. The van der Waals surface area contributed by atoms with Crippen LogP contribution in [0.4, 0.5) is 0 Å². The highest BCUT2D eigenvalue weighted by atomic mass is 16.5. The zero-order chi connectivity index (χ0) is 10.6. The molecule has 1 N–H and O–H groups in total. The van der Waals surface area contributed by atoms with Gasteiger partial charge in [-0.1, -0.05) is 13.8 Å². The van der Waals surface area contributed by atoms with Gasteiger partial charge in [0.05, 0.1) is 6.61 Å². The van der Waals surface area contributed by atoms with Crippen LogP contribution in [0.25, 0.3) is 0 Å². The second kappa shape index (κ2) is 5.10. The third-order valence-electron chi connectivity index (χ3n) is 2.54. The van der Waals surface area contributed by atoms with E-state index >= 15 is 0 Å². The molecular formula is C11H24N2O. The van der Waals surface area contributed by atoms with Crippen LogP contribution in [0.5, 0.6) is 0 Å². The normalized spacial score (nSPS) is 23.4. The van der Waals surface area contributed by atoms with Crippen LogP contribution in [0.1, 0.15) is 20.3 Å². The van der Waals surface area contributed by atoms with Crippen LogP contribution >= 0.6 is 0 Å². The van der Waals surface area contributed by atoms with E-state index in [0.717, 1.165) is 32.7 Å². The van der Waals surface area contributed by atoms with Crippen LogP contribution in [0, 0.1) is 5.41 Å². The van der Waals surface area contributed by atoms with Gasteiger partial charge in [-0.25, -0.2) is 0 Å². The average Bonchev–Trinajstić information content (AvgIpc) is 2.50. The first kappa shape index (κ1) is 12.0. The van der Waals surface area contributed by atoms with Gasteiger partial charge >= 0.3 is 0 Å². The Kier molecular flexibility index (Phi) is 4.35. The number of hydrogen-bond donors (Lipinski definition) is 1. The molecule has 0 radical (unpaired) electrons. The molecule has 0 saturated carbocycles. The van der Waals surface area contributed by atoms with Crippen molar-refractivity contribution >= 4 is 0 Å². The van der Waals surface area contributed by atoms with Gasteiger partial charge in [0.1, 0.15) is 0 Å². The summed E-state index contributed by atoms with van der Waals surface area (Å²) in [7, 11) is 4.25. The molecule has 0 bridgehead atoms. The highest BCUT2D eigenvalue weighted by molar-refractivity contribution is 4.79. The van der Waals surface area contributed by atoms with Crippen molar-refractivity contribution in [2.24, 2.45) is 5.41 Å². The van der Waals surface area contributed by atoms with Crippen LogP contribution in [0.15, 0.2) is 0 Å². The first-order valence-corrected chi connectivity index (χ1v) is 5.45. The van der Waals surface area contributed by atoms with Gasteiger partial charge in [0.15, 0.2) is 0 Å². The first-order valence-electron chi connectivity index (χ1n) is 5.45. The second-order valence-corrected chi connectivity index (χ2v) is 5.34. The van der Waals surface area contributed by atoms with Gasteiger partial charge in [-0.05, 0) is 25.9 Å². The Bertz CT molecular complexity index is 163. The summed E-state index contributed by atoms with van der Waals surface area (Å²) in [6, 6.07) is 0.580. The van der Waals surface area contributed by atoms with Crippen molar-refractivity contribution in [2.75, 3.05) is 40.4 Å². The predicted molar refractivity (Wildman–Crippen MR) is 59.6 cm³/mol. The molecule has 1 unspecified atom stereocenters.